The summed E-state index contributed by atoms with van der Waals surface area (Å²) in [7, 11) is -3.50. The maximum atomic E-state index is 13.5. The number of anilines is 1. The fraction of sp³-hybridized carbons (Fsp3) is 0.333. The molecule has 0 aliphatic rings. The fourth-order valence-electron chi connectivity index (χ4n) is 2.08. The molecule has 0 unspecified atom stereocenters. The molecule has 1 aromatic heterocycles. The molecule has 0 spiro atoms. The van der Waals surface area contributed by atoms with E-state index in [4.69, 9.17) is 0 Å². The molecular weight excluding hydrogens is 357 g/mol. The summed E-state index contributed by atoms with van der Waals surface area (Å²) >= 11 is 0. The number of nitrogens with one attached hydrogen (secondary N) is 2. The van der Waals surface area contributed by atoms with Crippen molar-refractivity contribution < 1.29 is 17.6 Å². The largest absolute Gasteiger partial charge is 0.382 e. The van der Waals surface area contributed by atoms with Crippen LogP contribution in [0.2, 0.25) is 0 Å². The van der Waals surface area contributed by atoms with Gasteiger partial charge in [0.15, 0.2) is 14.9 Å². The maximum Gasteiger partial charge on any atom is 0.254 e. The average Bonchev–Trinajstić information content (AvgIpc) is 2.58. The Bertz CT molecular complexity index is 875. The van der Waals surface area contributed by atoms with Gasteiger partial charge in [-0.3, -0.25) is 4.79 Å². The Balaban J connectivity index is 1.87. The molecule has 0 saturated heterocycles. The highest BCUT2D eigenvalue weighted by molar-refractivity contribution is 7.92. The van der Waals surface area contributed by atoms with Gasteiger partial charge >= 0.3 is 0 Å². The third kappa shape index (κ3) is 4.57. The van der Waals surface area contributed by atoms with Crippen molar-refractivity contribution in [1.29, 1.82) is 0 Å². The Labute approximate surface area is 152 Å². The zero-order valence-electron chi connectivity index (χ0n) is 14.9. The van der Waals surface area contributed by atoms with E-state index in [2.05, 4.69) is 15.6 Å². The van der Waals surface area contributed by atoms with E-state index in [-0.39, 0.29) is 17.1 Å². The lowest BCUT2D eigenvalue weighted by Crippen LogP contribution is -2.29. The lowest BCUT2D eigenvalue weighted by Gasteiger charge is -2.18. The summed E-state index contributed by atoms with van der Waals surface area (Å²) in [5.41, 5.74) is 0.615. The molecule has 2 N–H and O–H groups in total. The Morgan fingerprint density at radius 3 is 2.38 bits per heavy atom. The van der Waals surface area contributed by atoms with Gasteiger partial charge in [0.1, 0.15) is 5.82 Å². The third-order valence-corrected chi connectivity index (χ3v) is 6.08. The van der Waals surface area contributed by atoms with Crippen LogP contribution in [0.4, 0.5) is 10.1 Å². The van der Waals surface area contributed by atoms with Gasteiger partial charge in [-0.2, -0.15) is 0 Å². The van der Waals surface area contributed by atoms with Gasteiger partial charge in [-0.1, -0.05) is 12.1 Å². The number of carbonyl (C=O) groups excluding carboxylic acids is 1. The second kappa shape index (κ2) is 7.82. The molecule has 1 heterocycles. The highest BCUT2D eigenvalue weighted by atomic mass is 32.2. The number of pyridine rings is 1. The van der Waals surface area contributed by atoms with Crippen molar-refractivity contribution in [2.24, 2.45) is 0 Å². The average molecular weight is 379 g/mol. The van der Waals surface area contributed by atoms with Crippen LogP contribution in [0.3, 0.4) is 0 Å². The van der Waals surface area contributed by atoms with E-state index in [1.807, 2.05) is 0 Å². The van der Waals surface area contributed by atoms with Gasteiger partial charge in [-0.05, 0) is 45.0 Å². The molecule has 0 radical (unpaired) electrons. The lowest BCUT2D eigenvalue weighted by molar-refractivity contribution is 0.0951. The van der Waals surface area contributed by atoms with Crippen LogP contribution in [-0.2, 0) is 9.84 Å². The van der Waals surface area contributed by atoms with Gasteiger partial charge < -0.3 is 10.6 Å². The van der Waals surface area contributed by atoms with Crippen LogP contribution in [0.5, 0.6) is 0 Å². The van der Waals surface area contributed by atoms with Crippen LogP contribution >= 0.6 is 0 Å². The van der Waals surface area contributed by atoms with Crippen LogP contribution in [0.1, 0.15) is 31.1 Å². The zero-order valence-corrected chi connectivity index (χ0v) is 15.7. The van der Waals surface area contributed by atoms with Crippen molar-refractivity contribution in [1.82, 2.24) is 10.3 Å². The molecule has 0 fully saturated rings. The third-order valence-electron chi connectivity index (χ3n) is 3.68. The van der Waals surface area contributed by atoms with Crippen molar-refractivity contribution >= 4 is 21.4 Å². The minimum absolute atomic E-state index is 0.00842. The van der Waals surface area contributed by atoms with Crippen LogP contribution in [0, 0.1) is 5.82 Å². The Morgan fingerprint density at radius 2 is 1.81 bits per heavy atom. The van der Waals surface area contributed by atoms with E-state index in [1.54, 1.807) is 32.9 Å². The minimum Gasteiger partial charge on any atom is -0.382 e. The van der Waals surface area contributed by atoms with Crippen LogP contribution < -0.4 is 10.6 Å². The molecule has 1 amide bonds. The van der Waals surface area contributed by atoms with E-state index < -0.39 is 26.3 Å². The summed E-state index contributed by atoms with van der Waals surface area (Å²) in [6.07, 6.45) is 1.43. The number of aromatic nitrogens is 1. The number of halogens is 1. The van der Waals surface area contributed by atoms with Crippen LogP contribution in [0.25, 0.3) is 0 Å². The molecule has 0 atom stereocenters. The number of amides is 1. The molecule has 2 aromatic rings. The van der Waals surface area contributed by atoms with Crippen LogP contribution in [-0.4, -0.2) is 37.1 Å². The Kier molecular flexibility index (Phi) is 5.97. The van der Waals surface area contributed by atoms with Crippen molar-refractivity contribution in [3.63, 3.8) is 0 Å². The van der Waals surface area contributed by atoms with Crippen molar-refractivity contribution in [3.05, 3.63) is 54.0 Å². The first kappa shape index (κ1) is 19.8. The summed E-state index contributed by atoms with van der Waals surface area (Å²) < 4.78 is 37.2. The quantitative estimate of drug-likeness (QED) is 0.754. The summed E-state index contributed by atoms with van der Waals surface area (Å²) in [5.74, 6) is -1.06. The second-order valence-electron chi connectivity index (χ2n) is 6.66. The summed E-state index contributed by atoms with van der Waals surface area (Å²) in [4.78, 5) is 15.9. The van der Waals surface area contributed by atoms with E-state index in [0.717, 1.165) is 0 Å². The molecule has 2 rings (SSSR count). The molecule has 26 heavy (non-hydrogen) atoms. The number of sulfone groups is 1. The van der Waals surface area contributed by atoms with E-state index in [0.29, 0.717) is 12.2 Å². The highest BCUT2D eigenvalue weighted by Gasteiger charge is 2.31. The molecular formula is C18H22FN3O3S. The van der Waals surface area contributed by atoms with E-state index >= 15 is 0 Å². The van der Waals surface area contributed by atoms with Gasteiger partial charge in [-0.25, -0.2) is 17.8 Å². The number of benzene rings is 1. The van der Waals surface area contributed by atoms with E-state index in [9.17, 15) is 17.6 Å². The van der Waals surface area contributed by atoms with Gasteiger partial charge in [-0.15, -0.1) is 0 Å². The predicted octanol–water partition coefficient (Wildman–Crippen LogP) is 2.63. The van der Waals surface area contributed by atoms with Gasteiger partial charge in [0.05, 0.1) is 22.2 Å². The topological polar surface area (TPSA) is 88.2 Å². The minimum atomic E-state index is -3.50. The van der Waals surface area contributed by atoms with Crippen molar-refractivity contribution in [2.75, 3.05) is 18.4 Å². The zero-order chi connectivity index (χ0) is 19.4. The van der Waals surface area contributed by atoms with Gasteiger partial charge in [0.2, 0.25) is 0 Å². The number of carbonyl (C=O) groups is 1. The van der Waals surface area contributed by atoms with Gasteiger partial charge in [0.25, 0.3) is 5.91 Å². The highest BCUT2D eigenvalue weighted by Crippen LogP contribution is 2.23. The van der Waals surface area contributed by atoms with Crippen molar-refractivity contribution in [3.8, 4) is 0 Å². The molecule has 0 saturated carbocycles. The number of nitrogens with zero attached hydrogens (tertiary/aromatic N) is 1. The number of rotatable bonds is 6. The monoisotopic (exact) mass is 379 g/mol. The first-order chi connectivity index (χ1) is 12.1. The predicted molar refractivity (Wildman–Crippen MR) is 98.4 cm³/mol. The first-order valence-corrected chi connectivity index (χ1v) is 9.58. The SMILES string of the molecule is CC(C)(C)S(=O)(=O)c1ccc(NCCNC(=O)c2ccccc2F)cn1. The summed E-state index contributed by atoms with van der Waals surface area (Å²) in [6, 6.07) is 8.81. The number of hydrogen-bond acceptors (Lipinski definition) is 5. The van der Waals surface area contributed by atoms with Gasteiger partial charge in [0, 0.05) is 13.1 Å². The van der Waals surface area contributed by atoms with E-state index in [1.165, 1.54) is 30.5 Å². The second-order valence-corrected chi connectivity index (χ2v) is 9.31. The smallest absolute Gasteiger partial charge is 0.254 e. The number of hydrogen-bond donors (Lipinski definition) is 2. The first-order valence-electron chi connectivity index (χ1n) is 8.10. The maximum absolute atomic E-state index is 13.5. The standard InChI is InChI=1S/C18H22FN3O3S/c1-18(2,3)26(24,25)16-9-8-13(12-22-16)20-10-11-21-17(23)14-6-4-5-7-15(14)19/h4-9,12,20H,10-11H2,1-3H3,(H,21,23). The Hall–Kier alpha value is -2.48. The van der Waals surface area contributed by atoms with Crippen molar-refractivity contribution in [2.45, 2.75) is 30.5 Å². The molecule has 0 bridgehead atoms. The molecule has 1 aromatic carbocycles. The Morgan fingerprint density at radius 1 is 1.12 bits per heavy atom. The molecule has 140 valence electrons. The molecule has 0 aliphatic heterocycles. The molecule has 6 nitrogen and oxygen atoms in total. The summed E-state index contributed by atoms with van der Waals surface area (Å²) in [6.45, 7) is 5.51. The molecule has 0 aliphatic carbocycles. The summed E-state index contributed by atoms with van der Waals surface area (Å²) in [5, 5.41) is 5.64. The molecule has 8 heteroatoms. The van der Waals surface area contributed by atoms with Crippen LogP contribution in [0.15, 0.2) is 47.6 Å². The normalized spacial score (nSPS) is 11.8. The fourth-order valence-corrected chi connectivity index (χ4v) is 3.15. The lowest BCUT2D eigenvalue weighted by atomic mass is 10.2.